The fourth-order valence-corrected chi connectivity index (χ4v) is 9.68. The Bertz CT molecular complexity index is 1400. The molecule has 7 atom stereocenters. The molecule has 0 radical (unpaired) electrons. The molecule has 2 aliphatic carbocycles. The van der Waals surface area contributed by atoms with E-state index in [1.165, 1.54) is 31.8 Å². The van der Waals surface area contributed by atoms with Gasteiger partial charge in [-0.1, -0.05) is 37.4 Å². The lowest BCUT2D eigenvalue weighted by molar-refractivity contribution is -0.218. The number of halogens is 1. The topological polar surface area (TPSA) is 101 Å². The summed E-state index contributed by atoms with van der Waals surface area (Å²) < 4.78 is 13.5. The van der Waals surface area contributed by atoms with Gasteiger partial charge in [0.05, 0.1) is 37.3 Å². The van der Waals surface area contributed by atoms with Crippen molar-refractivity contribution in [2.24, 2.45) is 5.92 Å². The summed E-state index contributed by atoms with van der Waals surface area (Å²) >= 11 is 6.35. The van der Waals surface area contributed by atoms with Crippen LogP contribution in [0.3, 0.4) is 0 Å². The van der Waals surface area contributed by atoms with Crippen molar-refractivity contribution in [2.75, 3.05) is 39.8 Å². The summed E-state index contributed by atoms with van der Waals surface area (Å²) in [4.78, 5) is 36.9. The van der Waals surface area contributed by atoms with Crippen molar-refractivity contribution in [3.63, 3.8) is 0 Å². The number of ether oxygens (including phenoxy) is 2. The van der Waals surface area contributed by atoms with Crippen LogP contribution in [0.2, 0.25) is 5.02 Å². The lowest BCUT2D eigenvalue weighted by Crippen LogP contribution is -2.77. The highest BCUT2D eigenvalue weighted by atomic mass is 35.5. The zero-order chi connectivity index (χ0) is 32.7. The van der Waals surface area contributed by atoms with E-state index in [4.69, 9.17) is 21.1 Å². The van der Waals surface area contributed by atoms with Crippen LogP contribution in [0, 0.1) is 17.2 Å². The number of nitrogens with one attached hydrogen (secondary N) is 1. The molecule has 4 aliphatic heterocycles. The highest BCUT2D eigenvalue weighted by molar-refractivity contribution is 6.30. The predicted octanol–water partition coefficient (Wildman–Crippen LogP) is 3.93. The van der Waals surface area contributed by atoms with Crippen LogP contribution < -0.4 is 10.1 Å². The molecule has 3 saturated heterocycles. The molecule has 4 heterocycles. The zero-order valence-electron chi connectivity index (χ0n) is 27.6. The van der Waals surface area contributed by atoms with Crippen molar-refractivity contribution < 1.29 is 19.1 Å². The average Bonchev–Trinajstić information content (AvgIpc) is 3.67. The third kappa shape index (κ3) is 6.24. The molecule has 0 aromatic heterocycles. The van der Waals surface area contributed by atoms with Crippen molar-refractivity contribution in [3.8, 4) is 11.8 Å². The van der Waals surface area contributed by atoms with E-state index < -0.39 is 18.0 Å². The molecule has 7 rings (SSSR count). The van der Waals surface area contributed by atoms with Gasteiger partial charge in [-0.2, -0.15) is 5.26 Å². The Morgan fingerprint density at radius 2 is 2.00 bits per heavy atom. The molecule has 10 nitrogen and oxygen atoms in total. The molecular formula is C36H49ClN6O4. The van der Waals surface area contributed by atoms with E-state index in [0.717, 1.165) is 43.5 Å². The van der Waals surface area contributed by atoms with Gasteiger partial charge >= 0.3 is 0 Å². The highest BCUT2D eigenvalue weighted by Crippen LogP contribution is 2.47. The molecule has 2 saturated carbocycles. The van der Waals surface area contributed by atoms with Crippen LogP contribution in [0.4, 0.5) is 0 Å². The molecule has 1 spiro atoms. The first-order chi connectivity index (χ1) is 22.8. The van der Waals surface area contributed by atoms with Crippen molar-refractivity contribution in [3.05, 3.63) is 41.4 Å². The zero-order valence-corrected chi connectivity index (χ0v) is 28.4. The van der Waals surface area contributed by atoms with Crippen LogP contribution in [0.1, 0.15) is 69.8 Å². The van der Waals surface area contributed by atoms with Gasteiger partial charge < -0.3 is 19.3 Å². The smallest absolute Gasteiger partial charge is 0.246 e. The molecule has 6 unspecified atom stereocenters. The summed E-state index contributed by atoms with van der Waals surface area (Å²) in [5.74, 6) is 0.711. The minimum atomic E-state index is -0.923. The maximum Gasteiger partial charge on any atom is 0.246 e. The van der Waals surface area contributed by atoms with Crippen LogP contribution >= 0.6 is 11.6 Å². The molecule has 1 aromatic rings. The number of amides is 1. The van der Waals surface area contributed by atoms with Crippen LogP contribution in [-0.2, 0) is 20.7 Å². The van der Waals surface area contributed by atoms with Crippen molar-refractivity contribution in [2.45, 2.75) is 113 Å². The van der Waals surface area contributed by atoms with Crippen molar-refractivity contribution in [1.29, 1.82) is 5.26 Å². The van der Waals surface area contributed by atoms with E-state index in [2.05, 4.69) is 39.7 Å². The number of rotatable bonds is 7. The standard InChI is InChI=1S/C36H49ClN6O4/c1-3-31(44)42-19-18-41(22-27(42)14-16-38)34-29-13-15-36(21-24-20-25(37)11-12-30(24)47-36)33(45)32(29)39-35(43(34)26-8-5-4-6-9-26)46-23-28-10-7-17-40(28)2/h3,11-12,20,26-29,32,34-35,39H,1,4-10,13-15,17-19,21-23H2,2H3/t27?,28?,29?,32?,34?,35?,36-/m0/s1. The number of hydrogen-bond acceptors (Lipinski definition) is 9. The van der Waals surface area contributed by atoms with Crippen LogP contribution in [-0.4, -0.2) is 113 Å². The summed E-state index contributed by atoms with van der Waals surface area (Å²) in [7, 11) is 2.17. The second kappa shape index (κ2) is 13.8. The van der Waals surface area contributed by atoms with Gasteiger partial charge in [0.15, 0.2) is 17.7 Å². The maximum atomic E-state index is 14.8. The van der Waals surface area contributed by atoms with Crippen LogP contribution in [0.5, 0.6) is 5.75 Å². The summed E-state index contributed by atoms with van der Waals surface area (Å²) in [5.41, 5.74) is 0.0628. The Kier molecular flexibility index (Phi) is 9.67. The number of likely N-dealkylation sites (tertiary alicyclic amines) is 1. The largest absolute Gasteiger partial charge is 0.479 e. The first kappa shape index (κ1) is 33.0. The van der Waals surface area contributed by atoms with E-state index in [1.807, 2.05) is 18.2 Å². The summed E-state index contributed by atoms with van der Waals surface area (Å²) in [6.07, 6.45) is 11.1. The molecular weight excluding hydrogens is 616 g/mol. The average molecular weight is 665 g/mol. The lowest BCUT2D eigenvalue weighted by atomic mass is 9.69. The van der Waals surface area contributed by atoms with Gasteiger partial charge in [-0.25, -0.2) is 4.90 Å². The second-order valence-electron chi connectivity index (χ2n) is 14.6. The Morgan fingerprint density at radius 3 is 2.74 bits per heavy atom. The number of nitrogens with zero attached hydrogens (tertiary/aromatic N) is 5. The molecule has 254 valence electrons. The van der Waals surface area contributed by atoms with E-state index >= 15 is 0 Å². The Labute approximate surface area is 283 Å². The number of carbonyl (C=O) groups excluding carboxylic acids is 2. The number of carbonyl (C=O) groups is 2. The number of ketones is 1. The second-order valence-corrected chi connectivity index (χ2v) is 15.0. The summed E-state index contributed by atoms with van der Waals surface area (Å²) in [6.45, 7) is 7.14. The molecule has 1 aromatic carbocycles. The maximum absolute atomic E-state index is 14.8. The predicted molar refractivity (Wildman–Crippen MR) is 179 cm³/mol. The van der Waals surface area contributed by atoms with Crippen molar-refractivity contribution >= 4 is 23.3 Å². The quantitative estimate of drug-likeness (QED) is 0.435. The summed E-state index contributed by atoms with van der Waals surface area (Å²) in [5, 5.41) is 14.2. The van der Waals surface area contributed by atoms with Gasteiger partial charge in [0, 0.05) is 54.6 Å². The molecule has 1 amide bonds. The fraction of sp³-hybridized carbons (Fsp3) is 0.694. The van der Waals surface area contributed by atoms with Gasteiger partial charge in [-0.15, -0.1) is 0 Å². The fourth-order valence-electron chi connectivity index (χ4n) is 9.48. The Hall–Kier alpha value is -2.52. The Balaban J connectivity index is 1.23. The number of likely N-dealkylation sites (N-methyl/N-ethyl adjacent to an activating group) is 1. The molecule has 47 heavy (non-hydrogen) atoms. The minimum Gasteiger partial charge on any atom is -0.479 e. The van der Waals surface area contributed by atoms with Crippen molar-refractivity contribution in [1.82, 2.24) is 24.9 Å². The molecule has 11 heteroatoms. The number of benzene rings is 1. The highest BCUT2D eigenvalue weighted by Gasteiger charge is 2.60. The van der Waals surface area contributed by atoms with Gasteiger partial charge in [-0.05, 0) is 76.4 Å². The number of nitriles is 1. The lowest BCUT2D eigenvalue weighted by Gasteiger charge is -2.59. The molecule has 6 aliphatic rings. The van der Waals surface area contributed by atoms with Gasteiger partial charge in [0.2, 0.25) is 5.91 Å². The van der Waals surface area contributed by atoms with E-state index in [9.17, 15) is 14.9 Å². The normalized spacial score (nSPS) is 35.3. The van der Waals surface area contributed by atoms with Crippen LogP contribution in [0.25, 0.3) is 0 Å². The first-order valence-corrected chi connectivity index (χ1v) is 18.1. The summed E-state index contributed by atoms with van der Waals surface area (Å²) in [6, 6.07) is 7.94. The van der Waals surface area contributed by atoms with Gasteiger partial charge in [0.25, 0.3) is 0 Å². The van der Waals surface area contributed by atoms with E-state index in [-0.39, 0.29) is 36.2 Å². The van der Waals surface area contributed by atoms with E-state index in [1.54, 1.807) is 4.90 Å². The van der Waals surface area contributed by atoms with Crippen LogP contribution in [0.15, 0.2) is 30.9 Å². The molecule has 5 fully saturated rings. The van der Waals surface area contributed by atoms with Gasteiger partial charge in [0.1, 0.15) is 5.75 Å². The first-order valence-electron chi connectivity index (χ1n) is 17.7. The molecule has 0 bridgehead atoms. The SMILES string of the molecule is C=CC(=O)N1CCN(C2C3CC[C@]4(Cc5cc(Cl)ccc5O4)C(=O)C3NC(OCC3CCCN3C)N2C2CCCCC2)CC1CC#N. The number of piperazine rings is 1. The number of Topliss-reactive ketones (excluding diaryl/α,β-unsaturated/α-hetero) is 1. The third-order valence-corrected chi connectivity index (χ3v) is 12.1. The minimum absolute atomic E-state index is 0.00403. The monoisotopic (exact) mass is 664 g/mol. The number of fused-ring (bicyclic) bond motifs is 2. The third-order valence-electron chi connectivity index (χ3n) is 11.9. The number of hydrogen-bond donors (Lipinski definition) is 1. The Morgan fingerprint density at radius 1 is 1.17 bits per heavy atom. The van der Waals surface area contributed by atoms with E-state index in [0.29, 0.717) is 56.2 Å². The van der Waals surface area contributed by atoms with Gasteiger partial charge in [-0.3, -0.25) is 19.8 Å². The molecule has 1 N–H and O–H groups in total.